The lowest BCUT2D eigenvalue weighted by Crippen LogP contribution is -2.54. The Morgan fingerprint density at radius 2 is 1.51 bits per heavy atom. The Morgan fingerprint density at radius 1 is 0.902 bits per heavy atom. The summed E-state index contributed by atoms with van der Waals surface area (Å²) in [5, 5.41) is 25.4. The number of nitrogens with zero attached hydrogens (tertiary/aromatic N) is 1. The molecule has 9 nitrogen and oxygen atoms in total. The zero-order valence-corrected chi connectivity index (χ0v) is 24.2. The molecule has 0 heterocycles. The van der Waals surface area contributed by atoms with Crippen LogP contribution in [0.4, 0.5) is 10.5 Å². The molecule has 3 aromatic carbocycles. The van der Waals surface area contributed by atoms with Gasteiger partial charge in [-0.15, -0.1) is 0 Å². The molecule has 0 aliphatic heterocycles. The lowest BCUT2D eigenvalue weighted by Gasteiger charge is -2.35. The van der Waals surface area contributed by atoms with Gasteiger partial charge in [-0.2, -0.15) is 0 Å². The highest BCUT2D eigenvalue weighted by Gasteiger charge is 2.37. The van der Waals surface area contributed by atoms with Gasteiger partial charge < -0.3 is 30.5 Å². The largest absolute Gasteiger partial charge is 0.508 e. The summed E-state index contributed by atoms with van der Waals surface area (Å²) in [4.78, 5) is 42.3. The van der Waals surface area contributed by atoms with Crippen molar-refractivity contribution in [3.63, 3.8) is 0 Å². The Morgan fingerprint density at radius 3 is 2.10 bits per heavy atom. The molecule has 3 amide bonds. The second-order valence-corrected chi connectivity index (χ2v) is 10.9. The molecule has 0 fully saturated rings. The minimum Gasteiger partial charge on any atom is -0.508 e. The maximum atomic E-state index is 14.3. The summed E-state index contributed by atoms with van der Waals surface area (Å²) in [6, 6.07) is 18.6. The number of aromatic hydroxyl groups is 1. The van der Waals surface area contributed by atoms with Crippen molar-refractivity contribution in [1.82, 2.24) is 10.2 Å². The molecular formula is C32H39N3O6. The number of hydrogen-bond acceptors (Lipinski definition) is 6. The number of aryl methyl sites for hydroxylation is 2. The van der Waals surface area contributed by atoms with E-state index < -0.39 is 42.2 Å². The molecule has 4 N–H and O–H groups in total. The first-order valence-electron chi connectivity index (χ1n) is 13.5. The summed E-state index contributed by atoms with van der Waals surface area (Å²) in [6.07, 6.45) is -0.740. The van der Waals surface area contributed by atoms with Gasteiger partial charge in [-0.3, -0.25) is 9.59 Å². The van der Waals surface area contributed by atoms with E-state index in [-0.39, 0.29) is 18.7 Å². The van der Waals surface area contributed by atoms with Crippen molar-refractivity contribution in [3.8, 4) is 5.75 Å². The van der Waals surface area contributed by atoms with Gasteiger partial charge >= 0.3 is 6.09 Å². The zero-order valence-electron chi connectivity index (χ0n) is 24.2. The molecule has 0 aliphatic rings. The van der Waals surface area contributed by atoms with E-state index in [1.165, 1.54) is 17.0 Å². The predicted molar refractivity (Wildman–Crippen MR) is 157 cm³/mol. The van der Waals surface area contributed by atoms with Crippen LogP contribution in [0.1, 0.15) is 49.1 Å². The van der Waals surface area contributed by atoms with Crippen LogP contribution in [0.2, 0.25) is 0 Å². The molecule has 218 valence electrons. The maximum Gasteiger partial charge on any atom is 0.408 e. The number of para-hydroxylation sites is 1. The van der Waals surface area contributed by atoms with Gasteiger partial charge in [0, 0.05) is 18.7 Å². The standard InChI is InChI=1S/C32H39N3O6/c1-21-10-6-8-12-25(21)28(29(38)33-26-13-9-7-11-22(26)2)35(18-19-36)30(39)27(34-31(40)41-32(3,4)5)20-23-14-16-24(37)17-15-23/h6-17,27-28,36-37H,18-20H2,1-5H3,(H,33,38)(H,34,40). The summed E-state index contributed by atoms with van der Waals surface area (Å²) in [5.41, 5.74) is 2.67. The van der Waals surface area contributed by atoms with E-state index >= 15 is 0 Å². The average molecular weight is 562 g/mol. The molecule has 0 spiro atoms. The first-order valence-corrected chi connectivity index (χ1v) is 13.5. The molecule has 0 saturated heterocycles. The van der Waals surface area contributed by atoms with Crippen LogP contribution in [-0.4, -0.2) is 57.8 Å². The van der Waals surface area contributed by atoms with Gasteiger partial charge in [0.1, 0.15) is 23.4 Å². The number of carbonyl (C=O) groups excluding carboxylic acids is 3. The SMILES string of the molecule is Cc1ccccc1NC(=O)C(c1ccccc1C)N(CCO)C(=O)C(Cc1ccc(O)cc1)NC(=O)OC(C)(C)C. The summed E-state index contributed by atoms with van der Waals surface area (Å²) >= 11 is 0. The lowest BCUT2D eigenvalue weighted by atomic mass is 9.97. The third-order valence-corrected chi connectivity index (χ3v) is 6.44. The molecule has 2 atom stereocenters. The van der Waals surface area contributed by atoms with Crippen LogP contribution in [0, 0.1) is 13.8 Å². The Labute approximate surface area is 241 Å². The van der Waals surface area contributed by atoms with Gasteiger partial charge in [-0.25, -0.2) is 4.79 Å². The van der Waals surface area contributed by atoms with Crippen LogP contribution in [0.3, 0.4) is 0 Å². The number of aliphatic hydroxyl groups is 1. The van der Waals surface area contributed by atoms with Gasteiger partial charge in [0.15, 0.2) is 0 Å². The second kappa shape index (κ2) is 13.8. The van der Waals surface area contributed by atoms with Gasteiger partial charge in [0.2, 0.25) is 5.91 Å². The van der Waals surface area contributed by atoms with Crippen LogP contribution in [-0.2, 0) is 20.7 Å². The number of anilines is 1. The number of phenols is 1. The topological polar surface area (TPSA) is 128 Å². The van der Waals surface area contributed by atoms with Gasteiger partial charge in [0.25, 0.3) is 5.91 Å². The molecule has 9 heteroatoms. The van der Waals surface area contributed by atoms with E-state index in [1.807, 2.05) is 38.1 Å². The Hall–Kier alpha value is -4.37. The summed E-state index contributed by atoms with van der Waals surface area (Å²) in [7, 11) is 0. The fraction of sp³-hybridized carbons (Fsp3) is 0.344. The maximum absolute atomic E-state index is 14.3. The number of rotatable bonds is 10. The number of ether oxygens (including phenoxy) is 1. The van der Waals surface area contributed by atoms with E-state index in [0.717, 1.165) is 11.1 Å². The van der Waals surface area contributed by atoms with Crippen LogP contribution in [0.5, 0.6) is 5.75 Å². The van der Waals surface area contributed by atoms with Crippen molar-refractivity contribution in [2.24, 2.45) is 0 Å². The average Bonchev–Trinajstić information content (AvgIpc) is 2.90. The Balaban J connectivity index is 2.05. The summed E-state index contributed by atoms with van der Waals surface area (Å²) < 4.78 is 5.43. The van der Waals surface area contributed by atoms with Crippen molar-refractivity contribution in [1.29, 1.82) is 0 Å². The number of alkyl carbamates (subject to hydrolysis) is 1. The zero-order chi connectivity index (χ0) is 30.2. The molecule has 0 bridgehead atoms. The number of amides is 3. The molecule has 0 radical (unpaired) electrons. The lowest BCUT2D eigenvalue weighted by molar-refractivity contribution is -0.141. The van der Waals surface area contributed by atoms with Crippen LogP contribution in [0.15, 0.2) is 72.8 Å². The monoisotopic (exact) mass is 561 g/mol. The minimum atomic E-state index is -1.14. The van der Waals surface area contributed by atoms with Gasteiger partial charge in [0.05, 0.1) is 6.61 Å². The van der Waals surface area contributed by atoms with E-state index in [2.05, 4.69) is 10.6 Å². The van der Waals surface area contributed by atoms with Crippen molar-refractivity contribution in [2.75, 3.05) is 18.5 Å². The minimum absolute atomic E-state index is 0.0557. The number of benzene rings is 3. The third-order valence-electron chi connectivity index (χ3n) is 6.44. The fourth-order valence-corrected chi connectivity index (χ4v) is 4.45. The Bertz CT molecular complexity index is 1350. The van der Waals surface area contributed by atoms with Gasteiger partial charge in [-0.05, 0) is 75.1 Å². The van der Waals surface area contributed by atoms with E-state index in [9.17, 15) is 24.6 Å². The van der Waals surface area contributed by atoms with E-state index in [4.69, 9.17) is 4.74 Å². The number of carbonyl (C=O) groups is 3. The first kappa shape index (κ1) is 31.2. The summed E-state index contributed by atoms with van der Waals surface area (Å²) in [6.45, 7) is 8.28. The van der Waals surface area contributed by atoms with Crippen molar-refractivity contribution < 1.29 is 29.3 Å². The highest BCUT2D eigenvalue weighted by atomic mass is 16.6. The summed E-state index contributed by atoms with van der Waals surface area (Å²) in [5.74, 6) is -0.978. The second-order valence-electron chi connectivity index (χ2n) is 10.9. The molecule has 41 heavy (non-hydrogen) atoms. The molecule has 0 aliphatic carbocycles. The van der Waals surface area contributed by atoms with Crippen molar-refractivity contribution in [3.05, 3.63) is 95.1 Å². The van der Waals surface area contributed by atoms with Crippen LogP contribution >= 0.6 is 0 Å². The smallest absolute Gasteiger partial charge is 0.408 e. The molecule has 0 saturated carbocycles. The highest BCUT2D eigenvalue weighted by Crippen LogP contribution is 2.28. The van der Waals surface area contributed by atoms with Crippen LogP contribution in [0.25, 0.3) is 0 Å². The number of aliphatic hydroxyl groups excluding tert-OH is 1. The first-order chi connectivity index (χ1) is 19.4. The van der Waals surface area contributed by atoms with E-state index in [0.29, 0.717) is 16.8 Å². The fourth-order valence-electron chi connectivity index (χ4n) is 4.45. The van der Waals surface area contributed by atoms with Crippen LogP contribution < -0.4 is 10.6 Å². The molecule has 2 unspecified atom stereocenters. The normalized spacial score (nSPS) is 12.6. The Kier molecular flexibility index (Phi) is 10.5. The quantitative estimate of drug-likeness (QED) is 0.285. The molecular weight excluding hydrogens is 522 g/mol. The molecule has 3 aromatic rings. The number of nitrogens with one attached hydrogen (secondary N) is 2. The number of hydrogen-bond donors (Lipinski definition) is 4. The van der Waals surface area contributed by atoms with Crippen molar-refractivity contribution in [2.45, 2.75) is 58.7 Å². The molecule has 3 rings (SSSR count). The number of phenolic OH excluding ortho intramolecular Hbond substituents is 1. The van der Waals surface area contributed by atoms with Crippen molar-refractivity contribution >= 4 is 23.6 Å². The molecule has 0 aromatic heterocycles. The third kappa shape index (κ3) is 8.81. The predicted octanol–water partition coefficient (Wildman–Crippen LogP) is 4.65. The van der Waals surface area contributed by atoms with Gasteiger partial charge in [-0.1, -0.05) is 54.6 Å². The van der Waals surface area contributed by atoms with E-state index in [1.54, 1.807) is 57.2 Å². The highest BCUT2D eigenvalue weighted by molar-refractivity contribution is 5.99.